The van der Waals surface area contributed by atoms with Gasteiger partial charge in [0.25, 0.3) is 0 Å². The molecule has 1 aliphatic carbocycles. The second-order valence-electron chi connectivity index (χ2n) is 3.13. The minimum atomic E-state index is 1.01. The smallest absolute Gasteiger partial charge is 0.123 e. The third kappa shape index (κ3) is 2.18. The fraction of sp³-hybridized carbons (Fsp3) is 0.625. The van der Waals surface area contributed by atoms with Crippen LogP contribution in [0.25, 0.3) is 0 Å². The highest BCUT2D eigenvalue weighted by atomic mass is 127. The van der Waals surface area contributed by atoms with E-state index < -0.39 is 0 Å². The van der Waals surface area contributed by atoms with Crippen molar-refractivity contribution in [3.8, 4) is 0 Å². The van der Waals surface area contributed by atoms with Gasteiger partial charge in [-0.1, -0.05) is 12.8 Å². The summed E-state index contributed by atoms with van der Waals surface area (Å²) in [6.45, 7) is 1.10. The third-order valence-corrected chi connectivity index (χ3v) is 2.65. The van der Waals surface area contributed by atoms with E-state index in [1.807, 2.05) is 10.7 Å². The minimum Gasteiger partial charge on any atom is -0.272 e. The van der Waals surface area contributed by atoms with Crippen LogP contribution in [-0.2, 0) is 6.54 Å². The van der Waals surface area contributed by atoms with E-state index in [-0.39, 0.29) is 0 Å². The molecule has 1 heterocycles. The lowest BCUT2D eigenvalue weighted by molar-refractivity contribution is 0.544. The van der Waals surface area contributed by atoms with E-state index in [1.54, 1.807) is 0 Å². The van der Waals surface area contributed by atoms with Crippen molar-refractivity contribution in [3.05, 3.63) is 16.0 Å². The summed E-state index contributed by atoms with van der Waals surface area (Å²) < 4.78 is 3.14. The fourth-order valence-electron chi connectivity index (χ4n) is 1.18. The van der Waals surface area contributed by atoms with Gasteiger partial charge in [-0.3, -0.25) is 4.68 Å². The molecule has 1 aromatic rings. The zero-order valence-corrected chi connectivity index (χ0v) is 8.49. The maximum Gasteiger partial charge on any atom is 0.123 e. The number of hydrogen-bond donors (Lipinski definition) is 0. The molecule has 1 saturated carbocycles. The first-order valence-corrected chi connectivity index (χ1v) is 5.11. The van der Waals surface area contributed by atoms with Gasteiger partial charge in [0.2, 0.25) is 0 Å². The van der Waals surface area contributed by atoms with Crippen LogP contribution < -0.4 is 0 Å². The molecule has 1 aromatic heterocycles. The minimum absolute atomic E-state index is 1.01. The third-order valence-electron chi connectivity index (χ3n) is 2.07. The lowest BCUT2D eigenvalue weighted by atomic mass is 10.3. The average molecular weight is 262 g/mol. The number of rotatable bonds is 3. The first-order chi connectivity index (χ1) is 5.34. The quantitative estimate of drug-likeness (QED) is 0.764. The van der Waals surface area contributed by atoms with Crippen LogP contribution in [-0.4, -0.2) is 9.78 Å². The molecule has 0 amide bonds. The molecule has 0 spiro atoms. The second kappa shape index (κ2) is 3.13. The molecule has 0 saturated heterocycles. The summed E-state index contributed by atoms with van der Waals surface area (Å²) in [5, 5.41) is 4.31. The second-order valence-corrected chi connectivity index (χ2v) is 4.24. The number of aryl methyl sites for hydroxylation is 1. The predicted octanol–water partition coefficient (Wildman–Crippen LogP) is 2.29. The van der Waals surface area contributed by atoms with Gasteiger partial charge in [-0.25, -0.2) is 0 Å². The van der Waals surface area contributed by atoms with E-state index in [0.717, 1.165) is 16.2 Å². The molecule has 0 unspecified atom stereocenters. The van der Waals surface area contributed by atoms with Crippen molar-refractivity contribution in [2.75, 3.05) is 0 Å². The van der Waals surface area contributed by atoms with E-state index >= 15 is 0 Å². The van der Waals surface area contributed by atoms with Crippen LogP contribution in [0.5, 0.6) is 0 Å². The normalized spacial score (nSPS) is 17.2. The molecule has 0 aromatic carbocycles. The summed E-state index contributed by atoms with van der Waals surface area (Å²) in [6, 6.07) is 2.05. The highest BCUT2D eigenvalue weighted by molar-refractivity contribution is 14.1. The zero-order chi connectivity index (χ0) is 7.68. The summed E-state index contributed by atoms with van der Waals surface area (Å²) in [5.41, 5.74) is 0. The lowest BCUT2D eigenvalue weighted by Crippen LogP contribution is -1.99. The van der Waals surface area contributed by atoms with Gasteiger partial charge >= 0.3 is 0 Å². The molecule has 0 bridgehead atoms. The van der Waals surface area contributed by atoms with Crippen LogP contribution in [0, 0.1) is 9.62 Å². The van der Waals surface area contributed by atoms with Crippen molar-refractivity contribution in [1.29, 1.82) is 0 Å². The molecule has 0 N–H and O–H groups in total. The van der Waals surface area contributed by atoms with Crippen LogP contribution in [0.1, 0.15) is 19.3 Å². The Balaban J connectivity index is 1.85. The molecule has 0 radical (unpaired) electrons. The molecule has 60 valence electrons. The number of halogens is 1. The van der Waals surface area contributed by atoms with Crippen molar-refractivity contribution in [1.82, 2.24) is 9.78 Å². The zero-order valence-electron chi connectivity index (χ0n) is 6.33. The summed E-state index contributed by atoms with van der Waals surface area (Å²) in [5.74, 6) is 1.01. The van der Waals surface area contributed by atoms with Crippen molar-refractivity contribution >= 4 is 22.6 Å². The van der Waals surface area contributed by atoms with Crippen molar-refractivity contribution in [2.24, 2.45) is 5.92 Å². The topological polar surface area (TPSA) is 17.8 Å². The van der Waals surface area contributed by atoms with Crippen molar-refractivity contribution in [2.45, 2.75) is 25.8 Å². The first kappa shape index (κ1) is 7.58. The molecule has 0 aliphatic heterocycles. The van der Waals surface area contributed by atoms with Gasteiger partial charge in [0.1, 0.15) is 3.70 Å². The number of nitrogens with zero attached hydrogens (tertiary/aromatic N) is 2. The fourth-order valence-corrected chi connectivity index (χ4v) is 1.62. The van der Waals surface area contributed by atoms with Crippen molar-refractivity contribution < 1.29 is 0 Å². The maximum atomic E-state index is 4.31. The highest BCUT2D eigenvalue weighted by Crippen LogP contribution is 2.32. The van der Waals surface area contributed by atoms with Crippen LogP contribution in [0.2, 0.25) is 0 Å². The SMILES string of the molecule is Ic1ccn(CCC2CC2)n1. The summed E-state index contributed by atoms with van der Waals surface area (Å²) in [4.78, 5) is 0. The van der Waals surface area contributed by atoms with Crippen LogP contribution in [0.3, 0.4) is 0 Å². The van der Waals surface area contributed by atoms with E-state index in [9.17, 15) is 0 Å². The molecule has 11 heavy (non-hydrogen) atoms. The Bertz CT molecular complexity index is 240. The Labute approximate surface area is 80.1 Å². The summed E-state index contributed by atoms with van der Waals surface area (Å²) in [7, 11) is 0. The van der Waals surface area contributed by atoms with Gasteiger partial charge in [-0.15, -0.1) is 0 Å². The summed E-state index contributed by atoms with van der Waals surface area (Å²) in [6.07, 6.45) is 6.26. The van der Waals surface area contributed by atoms with E-state index in [1.165, 1.54) is 19.3 Å². The summed E-state index contributed by atoms with van der Waals surface area (Å²) >= 11 is 2.24. The van der Waals surface area contributed by atoms with Gasteiger partial charge in [0.05, 0.1) is 0 Å². The lowest BCUT2D eigenvalue weighted by Gasteiger charge is -1.97. The van der Waals surface area contributed by atoms with Gasteiger partial charge in [-0.05, 0) is 41.0 Å². The standard InChI is InChI=1S/C8H11IN2/c9-8-4-6-11(10-8)5-3-7-1-2-7/h4,6-7H,1-3,5H2. The molecule has 2 nitrogen and oxygen atoms in total. The first-order valence-electron chi connectivity index (χ1n) is 4.03. The molecular formula is C8H11IN2. The number of aromatic nitrogens is 2. The predicted molar refractivity (Wildman–Crippen MR) is 52.3 cm³/mol. The Morgan fingerprint density at radius 3 is 3.00 bits per heavy atom. The largest absolute Gasteiger partial charge is 0.272 e. The molecular weight excluding hydrogens is 251 g/mol. The Morgan fingerprint density at radius 1 is 1.64 bits per heavy atom. The monoisotopic (exact) mass is 262 g/mol. The van der Waals surface area contributed by atoms with Gasteiger partial charge in [0, 0.05) is 12.7 Å². The highest BCUT2D eigenvalue weighted by Gasteiger charge is 2.20. The van der Waals surface area contributed by atoms with Crippen LogP contribution >= 0.6 is 22.6 Å². The Hall–Kier alpha value is -0.0600. The van der Waals surface area contributed by atoms with Gasteiger partial charge in [-0.2, -0.15) is 5.10 Å². The van der Waals surface area contributed by atoms with E-state index in [2.05, 4.69) is 33.9 Å². The van der Waals surface area contributed by atoms with Crippen LogP contribution in [0.4, 0.5) is 0 Å². The average Bonchev–Trinajstić information content (AvgIpc) is 2.72. The molecule has 0 atom stereocenters. The molecule has 3 heteroatoms. The molecule has 1 fully saturated rings. The molecule has 1 aliphatic rings. The molecule has 2 rings (SSSR count). The maximum absolute atomic E-state index is 4.31. The number of hydrogen-bond acceptors (Lipinski definition) is 1. The van der Waals surface area contributed by atoms with E-state index in [0.29, 0.717) is 0 Å². The van der Waals surface area contributed by atoms with Crippen LogP contribution in [0.15, 0.2) is 12.3 Å². The van der Waals surface area contributed by atoms with Gasteiger partial charge < -0.3 is 0 Å². The Morgan fingerprint density at radius 2 is 2.45 bits per heavy atom. The Kier molecular flexibility index (Phi) is 2.16. The van der Waals surface area contributed by atoms with E-state index in [4.69, 9.17) is 0 Å². The van der Waals surface area contributed by atoms with Gasteiger partial charge in [0.15, 0.2) is 0 Å². The van der Waals surface area contributed by atoms with Crippen molar-refractivity contribution in [3.63, 3.8) is 0 Å².